The topological polar surface area (TPSA) is 20.2 Å². The molecule has 1 aromatic carbocycles. The van der Waals surface area contributed by atoms with Gasteiger partial charge in [-0.3, -0.25) is 0 Å². The third kappa shape index (κ3) is 3.23. The molecule has 0 spiro atoms. The Morgan fingerprint density at radius 2 is 1.44 bits per heavy atom. The van der Waals surface area contributed by atoms with E-state index in [4.69, 9.17) is 23.2 Å². The molecule has 0 aliphatic rings. The molecule has 0 aliphatic heterocycles. The van der Waals surface area contributed by atoms with Crippen LogP contribution in [-0.4, -0.2) is 9.69 Å². The van der Waals surface area contributed by atoms with Gasteiger partial charge in [-0.15, -0.1) is 0 Å². The van der Waals surface area contributed by atoms with E-state index in [0.29, 0.717) is 12.1 Å². The van der Waals surface area contributed by atoms with Crippen molar-refractivity contribution in [1.29, 1.82) is 0 Å². The van der Waals surface area contributed by atoms with Crippen LogP contribution in [0.1, 0.15) is 17.2 Å². The number of aliphatic hydroxyl groups is 1. The Kier molecular flexibility index (Phi) is 3.72. The van der Waals surface area contributed by atoms with Gasteiger partial charge in [0.15, 0.2) is 0 Å². The second kappa shape index (κ2) is 4.39. The molecule has 7 heteroatoms. The van der Waals surface area contributed by atoms with E-state index in [1.54, 1.807) is 0 Å². The van der Waals surface area contributed by atoms with E-state index in [1.807, 2.05) is 0 Å². The SMILES string of the molecule is OC(c1ccc(C(F)(F)F)cc1)C(F)(Cl)Cl. The van der Waals surface area contributed by atoms with Crippen molar-refractivity contribution in [2.45, 2.75) is 16.9 Å². The summed E-state index contributed by atoms with van der Waals surface area (Å²) in [7, 11) is 0. The van der Waals surface area contributed by atoms with Crippen LogP contribution in [0.15, 0.2) is 24.3 Å². The zero-order valence-corrected chi connectivity index (χ0v) is 9.11. The van der Waals surface area contributed by atoms with E-state index in [-0.39, 0.29) is 5.56 Å². The van der Waals surface area contributed by atoms with Crippen molar-refractivity contribution in [1.82, 2.24) is 0 Å². The molecule has 0 saturated carbocycles. The maximum atomic E-state index is 12.9. The average Bonchev–Trinajstić information content (AvgIpc) is 2.14. The molecule has 1 rings (SSSR count). The van der Waals surface area contributed by atoms with Crippen LogP contribution in [0.4, 0.5) is 17.6 Å². The van der Waals surface area contributed by atoms with E-state index in [9.17, 15) is 22.7 Å². The van der Waals surface area contributed by atoms with Crippen molar-refractivity contribution in [2.24, 2.45) is 0 Å². The summed E-state index contributed by atoms with van der Waals surface area (Å²) in [6.07, 6.45) is -6.39. The Balaban J connectivity index is 2.96. The Labute approximate surface area is 98.6 Å². The second-order valence-electron chi connectivity index (χ2n) is 3.06. The first-order valence-electron chi connectivity index (χ1n) is 4.04. The fraction of sp³-hybridized carbons (Fsp3) is 0.333. The molecule has 0 bridgehead atoms. The lowest BCUT2D eigenvalue weighted by Crippen LogP contribution is -2.17. The highest BCUT2D eigenvalue weighted by molar-refractivity contribution is 6.47. The molecule has 0 saturated heterocycles. The smallest absolute Gasteiger partial charge is 0.382 e. The predicted molar refractivity (Wildman–Crippen MR) is 51.9 cm³/mol. The summed E-state index contributed by atoms with van der Waals surface area (Å²) in [5.41, 5.74) is -1.04. The molecular weight excluding hydrogens is 271 g/mol. The van der Waals surface area contributed by atoms with Gasteiger partial charge in [0.05, 0.1) is 5.56 Å². The highest BCUT2D eigenvalue weighted by Gasteiger charge is 2.35. The summed E-state index contributed by atoms with van der Waals surface area (Å²) in [5, 5.41) is 9.23. The van der Waals surface area contributed by atoms with Crippen molar-refractivity contribution in [3.8, 4) is 0 Å². The van der Waals surface area contributed by atoms with Gasteiger partial charge in [-0.05, 0) is 17.7 Å². The molecule has 1 aromatic rings. The number of alkyl halides is 6. The van der Waals surface area contributed by atoms with E-state index in [1.165, 1.54) is 0 Å². The highest BCUT2D eigenvalue weighted by atomic mass is 35.5. The molecule has 0 aliphatic carbocycles. The molecule has 0 radical (unpaired) electrons. The summed E-state index contributed by atoms with van der Waals surface area (Å²) >= 11 is 9.95. The fourth-order valence-corrected chi connectivity index (χ4v) is 1.30. The first-order chi connectivity index (χ1) is 7.12. The Hall–Kier alpha value is -0.520. The van der Waals surface area contributed by atoms with Crippen molar-refractivity contribution in [3.63, 3.8) is 0 Å². The third-order valence-electron chi connectivity index (χ3n) is 1.86. The van der Waals surface area contributed by atoms with Crippen LogP contribution in [0.5, 0.6) is 0 Å². The molecule has 0 heterocycles. The van der Waals surface area contributed by atoms with Crippen LogP contribution >= 0.6 is 23.2 Å². The fourth-order valence-electron chi connectivity index (χ4n) is 1.04. The minimum atomic E-state index is -4.49. The number of rotatable bonds is 2. The molecule has 0 aromatic heterocycles. The largest absolute Gasteiger partial charge is 0.416 e. The zero-order valence-electron chi connectivity index (χ0n) is 7.60. The first-order valence-corrected chi connectivity index (χ1v) is 4.80. The Bertz CT molecular complexity index is 355. The summed E-state index contributed by atoms with van der Waals surface area (Å²) in [6, 6.07) is 3.23. The minimum Gasteiger partial charge on any atom is -0.382 e. The van der Waals surface area contributed by atoms with Crippen LogP contribution in [0.3, 0.4) is 0 Å². The monoisotopic (exact) mass is 276 g/mol. The van der Waals surface area contributed by atoms with E-state index < -0.39 is 22.4 Å². The highest BCUT2D eigenvalue weighted by Crippen LogP contribution is 2.38. The third-order valence-corrected chi connectivity index (χ3v) is 2.28. The molecule has 1 unspecified atom stereocenters. The van der Waals surface area contributed by atoms with Gasteiger partial charge in [0, 0.05) is 0 Å². The number of hydrogen-bond acceptors (Lipinski definition) is 1. The van der Waals surface area contributed by atoms with Gasteiger partial charge in [0.1, 0.15) is 6.10 Å². The van der Waals surface area contributed by atoms with Gasteiger partial charge in [-0.1, -0.05) is 35.3 Å². The van der Waals surface area contributed by atoms with Crippen LogP contribution in [0.2, 0.25) is 0 Å². The molecule has 16 heavy (non-hydrogen) atoms. The van der Waals surface area contributed by atoms with Gasteiger partial charge in [0.25, 0.3) is 4.59 Å². The van der Waals surface area contributed by atoms with Crippen LogP contribution in [0, 0.1) is 0 Å². The molecule has 0 fully saturated rings. The zero-order chi connectivity index (χ0) is 12.6. The van der Waals surface area contributed by atoms with Gasteiger partial charge in [-0.2, -0.15) is 13.2 Å². The number of benzene rings is 1. The van der Waals surface area contributed by atoms with E-state index in [0.717, 1.165) is 12.1 Å². The molecule has 0 amide bonds. The van der Waals surface area contributed by atoms with Gasteiger partial charge >= 0.3 is 6.18 Å². The molecule has 1 N–H and O–H groups in total. The molecule has 1 atom stereocenters. The second-order valence-corrected chi connectivity index (χ2v) is 4.36. The summed E-state index contributed by atoms with van der Waals surface area (Å²) in [5.74, 6) is 0. The molecular formula is C9H6Cl2F4O. The maximum Gasteiger partial charge on any atom is 0.416 e. The predicted octanol–water partition coefficient (Wildman–Crippen LogP) is 3.84. The first kappa shape index (κ1) is 13.5. The van der Waals surface area contributed by atoms with E-state index >= 15 is 0 Å². The Morgan fingerprint density at radius 1 is 1.00 bits per heavy atom. The van der Waals surface area contributed by atoms with E-state index in [2.05, 4.69) is 0 Å². The minimum absolute atomic E-state index is 0.138. The Morgan fingerprint density at radius 3 is 1.75 bits per heavy atom. The van der Waals surface area contributed by atoms with Crippen LogP contribution in [0.25, 0.3) is 0 Å². The number of hydrogen-bond donors (Lipinski definition) is 1. The quantitative estimate of drug-likeness (QED) is 0.643. The summed E-state index contributed by atoms with van der Waals surface area (Å²) in [6.45, 7) is 0. The lowest BCUT2D eigenvalue weighted by Gasteiger charge is -2.18. The van der Waals surface area contributed by atoms with Crippen molar-refractivity contribution in [2.75, 3.05) is 0 Å². The standard InChI is InChI=1S/C9H6Cl2F4O/c10-8(11,12)7(16)5-1-3-6(4-2-5)9(13,14)15/h1-4,7,16H. The van der Waals surface area contributed by atoms with Crippen molar-refractivity contribution >= 4 is 23.2 Å². The maximum absolute atomic E-state index is 12.9. The number of halogens is 6. The van der Waals surface area contributed by atoms with Gasteiger partial charge in [0.2, 0.25) is 0 Å². The van der Waals surface area contributed by atoms with Crippen molar-refractivity contribution < 1.29 is 22.7 Å². The summed E-state index contributed by atoms with van der Waals surface area (Å²) in [4.78, 5) is 0. The number of aliphatic hydroxyl groups excluding tert-OH is 1. The van der Waals surface area contributed by atoms with Gasteiger partial charge < -0.3 is 5.11 Å². The lowest BCUT2D eigenvalue weighted by molar-refractivity contribution is -0.137. The summed E-state index contributed by atoms with van der Waals surface area (Å²) < 4.78 is 46.4. The van der Waals surface area contributed by atoms with Gasteiger partial charge in [-0.25, -0.2) is 4.39 Å². The van der Waals surface area contributed by atoms with Crippen LogP contribution < -0.4 is 0 Å². The average molecular weight is 277 g/mol. The van der Waals surface area contributed by atoms with Crippen LogP contribution in [-0.2, 0) is 6.18 Å². The van der Waals surface area contributed by atoms with Crippen molar-refractivity contribution in [3.05, 3.63) is 35.4 Å². The normalized spacial score (nSPS) is 14.9. The molecule has 1 nitrogen and oxygen atoms in total. The lowest BCUT2D eigenvalue weighted by atomic mass is 10.1. The molecule has 90 valence electrons.